The molecule has 1 nitrogen and oxygen atoms in total. The Hall–Kier alpha value is -1.60. The summed E-state index contributed by atoms with van der Waals surface area (Å²) in [5, 5.41) is 0. The molecule has 0 spiro atoms. The van der Waals surface area contributed by atoms with Crippen LogP contribution in [0.25, 0.3) is 0 Å². The van der Waals surface area contributed by atoms with Crippen LogP contribution in [-0.2, 0) is 17.6 Å². The zero-order valence-corrected chi connectivity index (χ0v) is 21.2. The first kappa shape index (κ1) is 25.7. The number of benzene rings is 2. The molecule has 2 aromatic rings. The zero-order valence-electron chi connectivity index (χ0n) is 21.2. The molecule has 0 heterocycles. The molecule has 2 aromatic carbocycles. The monoisotopic (exact) mass is 422 g/mol. The van der Waals surface area contributed by atoms with Crippen LogP contribution in [0.3, 0.4) is 0 Å². The van der Waals surface area contributed by atoms with Gasteiger partial charge in [-0.1, -0.05) is 96.1 Å². The first-order valence-corrected chi connectivity index (χ1v) is 12.4. The predicted octanol–water partition coefficient (Wildman–Crippen LogP) is 8.33. The Bertz CT molecular complexity index is 731. The van der Waals surface area contributed by atoms with Gasteiger partial charge in [0.15, 0.2) is 0 Å². The van der Waals surface area contributed by atoms with Gasteiger partial charge in [0.05, 0.1) is 6.61 Å². The smallest absolute Gasteiger partial charge is 0.0528 e. The van der Waals surface area contributed by atoms with Crippen LogP contribution >= 0.6 is 0 Å². The minimum atomic E-state index is 0.391. The molecule has 0 aromatic heterocycles. The molecule has 0 N–H and O–H groups in total. The van der Waals surface area contributed by atoms with Crippen molar-refractivity contribution in [1.29, 1.82) is 0 Å². The predicted molar refractivity (Wildman–Crippen MR) is 136 cm³/mol. The van der Waals surface area contributed by atoms with Crippen LogP contribution in [0.5, 0.6) is 0 Å². The summed E-state index contributed by atoms with van der Waals surface area (Å²) in [7, 11) is 1.78. The summed E-state index contributed by atoms with van der Waals surface area (Å²) in [6, 6.07) is 20.3. The number of ether oxygens (including phenoxy) is 1. The van der Waals surface area contributed by atoms with Crippen molar-refractivity contribution < 1.29 is 4.74 Å². The highest BCUT2D eigenvalue weighted by Gasteiger charge is 2.29. The van der Waals surface area contributed by atoms with Crippen LogP contribution in [0.4, 0.5) is 0 Å². The van der Waals surface area contributed by atoms with E-state index in [1.165, 1.54) is 48.8 Å². The molecule has 2 rings (SSSR count). The number of hydrogen-bond donors (Lipinski definition) is 0. The minimum absolute atomic E-state index is 0.391. The molecule has 3 unspecified atom stereocenters. The SMILES string of the molecule is COCC(C)c1ccc(CC(CCC(C)(CCc2ccccc2)C(C)C)C(C)C)cc1. The average molecular weight is 423 g/mol. The van der Waals surface area contributed by atoms with Gasteiger partial charge >= 0.3 is 0 Å². The number of hydrogen-bond acceptors (Lipinski definition) is 1. The molecule has 0 fully saturated rings. The third-order valence-electron chi connectivity index (χ3n) is 7.71. The van der Waals surface area contributed by atoms with E-state index in [9.17, 15) is 0 Å². The summed E-state index contributed by atoms with van der Waals surface area (Å²) in [4.78, 5) is 0. The molecule has 0 bridgehead atoms. The summed E-state index contributed by atoms with van der Waals surface area (Å²) in [5.41, 5.74) is 4.71. The summed E-state index contributed by atoms with van der Waals surface area (Å²) < 4.78 is 5.32. The van der Waals surface area contributed by atoms with Crippen molar-refractivity contribution in [3.63, 3.8) is 0 Å². The van der Waals surface area contributed by atoms with Crippen molar-refractivity contribution >= 4 is 0 Å². The molecule has 3 atom stereocenters. The maximum Gasteiger partial charge on any atom is 0.0528 e. The molecule has 0 saturated heterocycles. The van der Waals surface area contributed by atoms with Crippen LogP contribution in [-0.4, -0.2) is 13.7 Å². The molecular weight excluding hydrogens is 376 g/mol. The highest BCUT2D eigenvalue weighted by molar-refractivity contribution is 5.25. The molecule has 0 saturated carbocycles. The fraction of sp³-hybridized carbons (Fsp3) is 0.600. The van der Waals surface area contributed by atoms with Crippen LogP contribution in [0.15, 0.2) is 54.6 Å². The second-order valence-corrected chi connectivity index (χ2v) is 10.6. The second-order valence-electron chi connectivity index (χ2n) is 10.6. The van der Waals surface area contributed by atoms with Gasteiger partial charge < -0.3 is 4.74 Å². The van der Waals surface area contributed by atoms with Crippen molar-refractivity contribution in [2.75, 3.05) is 13.7 Å². The Kier molecular flexibility index (Phi) is 10.3. The molecular formula is C30H46O. The van der Waals surface area contributed by atoms with Crippen molar-refractivity contribution in [3.05, 3.63) is 71.3 Å². The summed E-state index contributed by atoms with van der Waals surface area (Å²) >= 11 is 0. The van der Waals surface area contributed by atoms with Crippen molar-refractivity contribution in [2.45, 2.75) is 79.6 Å². The molecule has 0 aliphatic heterocycles. The van der Waals surface area contributed by atoms with Gasteiger partial charge in [-0.25, -0.2) is 0 Å². The van der Waals surface area contributed by atoms with E-state index in [-0.39, 0.29) is 0 Å². The number of rotatable bonds is 13. The van der Waals surface area contributed by atoms with Crippen LogP contribution in [0.2, 0.25) is 0 Å². The normalized spacial score (nSPS) is 15.8. The Morgan fingerprint density at radius 2 is 1.45 bits per heavy atom. The van der Waals surface area contributed by atoms with Gasteiger partial charge in [0.1, 0.15) is 0 Å². The Morgan fingerprint density at radius 3 is 2.00 bits per heavy atom. The molecule has 0 amide bonds. The minimum Gasteiger partial charge on any atom is -0.384 e. The highest BCUT2D eigenvalue weighted by Crippen LogP contribution is 2.39. The Morgan fingerprint density at radius 1 is 0.806 bits per heavy atom. The lowest BCUT2D eigenvalue weighted by Crippen LogP contribution is -2.26. The van der Waals surface area contributed by atoms with Gasteiger partial charge in [0.25, 0.3) is 0 Å². The molecule has 31 heavy (non-hydrogen) atoms. The van der Waals surface area contributed by atoms with E-state index in [1.807, 2.05) is 0 Å². The molecule has 172 valence electrons. The molecule has 0 aliphatic carbocycles. The Balaban J connectivity index is 1.99. The molecule has 0 radical (unpaired) electrons. The third kappa shape index (κ3) is 8.11. The lowest BCUT2D eigenvalue weighted by molar-refractivity contribution is 0.156. The average Bonchev–Trinajstić information content (AvgIpc) is 2.76. The summed E-state index contributed by atoms with van der Waals surface area (Å²) in [5.74, 6) is 2.59. The van der Waals surface area contributed by atoms with Crippen molar-refractivity contribution in [2.24, 2.45) is 23.2 Å². The summed E-state index contributed by atoms with van der Waals surface area (Å²) in [6.07, 6.45) is 6.25. The molecule has 0 aliphatic rings. The first-order valence-electron chi connectivity index (χ1n) is 12.4. The van der Waals surface area contributed by atoms with Crippen molar-refractivity contribution in [1.82, 2.24) is 0 Å². The number of aryl methyl sites for hydroxylation is 1. The largest absolute Gasteiger partial charge is 0.384 e. The lowest BCUT2D eigenvalue weighted by atomic mass is 9.69. The van der Waals surface area contributed by atoms with Gasteiger partial charge in [0, 0.05) is 13.0 Å². The van der Waals surface area contributed by atoms with E-state index in [2.05, 4.69) is 96.1 Å². The number of methoxy groups -OCH3 is 1. The van der Waals surface area contributed by atoms with E-state index >= 15 is 0 Å². The van der Waals surface area contributed by atoms with E-state index in [4.69, 9.17) is 4.74 Å². The maximum atomic E-state index is 5.32. The summed E-state index contributed by atoms with van der Waals surface area (Å²) in [6.45, 7) is 15.2. The standard InChI is InChI=1S/C30H46O/c1-23(2)29(21-27-13-15-28(16-14-27)25(5)22-31-7)18-20-30(6,24(3)4)19-17-26-11-9-8-10-12-26/h8-16,23-25,29H,17-22H2,1-7H3. The van der Waals surface area contributed by atoms with Crippen molar-refractivity contribution in [3.8, 4) is 0 Å². The topological polar surface area (TPSA) is 9.23 Å². The maximum absolute atomic E-state index is 5.32. The van der Waals surface area contributed by atoms with Gasteiger partial charge in [-0.2, -0.15) is 0 Å². The van der Waals surface area contributed by atoms with Gasteiger partial charge in [0.2, 0.25) is 0 Å². The highest BCUT2D eigenvalue weighted by atomic mass is 16.5. The first-order chi connectivity index (χ1) is 14.7. The van der Waals surface area contributed by atoms with Gasteiger partial charge in [-0.15, -0.1) is 0 Å². The fourth-order valence-electron chi connectivity index (χ4n) is 4.59. The quantitative estimate of drug-likeness (QED) is 0.315. The third-order valence-corrected chi connectivity index (χ3v) is 7.71. The van der Waals surface area contributed by atoms with E-state index in [1.54, 1.807) is 7.11 Å². The van der Waals surface area contributed by atoms with Crippen LogP contribution in [0.1, 0.15) is 83.4 Å². The van der Waals surface area contributed by atoms with E-state index in [0.717, 1.165) is 12.5 Å². The molecule has 1 heteroatoms. The lowest BCUT2D eigenvalue weighted by Gasteiger charge is -2.36. The van der Waals surface area contributed by atoms with Gasteiger partial charge in [-0.3, -0.25) is 0 Å². The van der Waals surface area contributed by atoms with Gasteiger partial charge in [-0.05, 0) is 72.0 Å². The van der Waals surface area contributed by atoms with Crippen LogP contribution < -0.4 is 0 Å². The second kappa shape index (κ2) is 12.4. The Labute approximate surface area is 192 Å². The van der Waals surface area contributed by atoms with E-state index < -0.39 is 0 Å². The zero-order chi connectivity index (χ0) is 22.9. The fourth-order valence-corrected chi connectivity index (χ4v) is 4.59. The van der Waals surface area contributed by atoms with Crippen LogP contribution in [0, 0.1) is 23.2 Å². The van der Waals surface area contributed by atoms with E-state index in [0.29, 0.717) is 23.2 Å².